The topological polar surface area (TPSA) is 24.9 Å². The van der Waals surface area contributed by atoms with E-state index in [1.807, 2.05) is 12.3 Å². The van der Waals surface area contributed by atoms with E-state index in [9.17, 15) is 0 Å². The highest BCUT2D eigenvalue weighted by Crippen LogP contribution is 2.32. The Labute approximate surface area is 125 Å². The second-order valence-electron chi connectivity index (χ2n) is 5.25. The third-order valence-electron chi connectivity index (χ3n) is 3.86. The van der Waals surface area contributed by atoms with Crippen LogP contribution in [0.4, 0.5) is 0 Å². The minimum atomic E-state index is 0.324. The number of nitrogens with one attached hydrogen (secondary N) is 1. The fourth-order valence-corrected chi connectivity index (χ4v) is 2.86. The van der Waals surface area contributed by atoms with Gasteiger partial charge in [-0.05, 0) is 30.7 Å². The minimum absolute atomic E-state index is 0.324. The molecule has 0 spiro atoms. The highest BCUT2D eigenvalue weighted by Gasteiger charge is 2.12. The Morgan fingerprint density at radius 2 is 1.71 bits per heavy atom. The number of rotatable bonds is 4. The van der Waals surface area contributed by atoms with Gasteiger partial charge >= 0.3 is 0 Å². The SMILES string of the molecule is CCNC(C)c1ccccc1-c1cccc2cccnc12. The molecule has 1 atom stereocenters. The van der Waals surface area contributed by atoms with E-state index >= 15 is 0 Å². The summed E-state index contributed by atoms with van der Waals surface area (Å²) in [5.41, 5.74) is 4.84. The Hall–Kier alpha value is -2.19. The highest BCUT2D eigenvalue weighted by molar-refractivity contribution is 5.94. The Bertz CT molecular complexity index is 744. The summed E-state index contributed by atoms with van der Waals surface area (Å²) in [7, 11) is 0. The van der Waals surface area contributed by atoms with Crippen LogP contribution in [0.25, 0.3) is 22.0 Å². The fourth-order valence-electron chi connectivity index (χ4n) is 2.86. The number of fused-ring (bicyclic) bond motifs is 1. The zero-order chi connectivity index (χ0) is 14.7. The monoisotopic (exact) mass is 276 g/mol. The molecule has 0 saturated carbocycles. The van der Waals surface area contributed by atoms with Crippen LogP contribution < -0.4 is 5.32 Å². The molecule has 0 aliphatic heterocycles. The highest BCUT2D eigenvalue weighted by atomic mass is 14.9. The summed E-state index contributed by atoms with van der Waals surface area (Å²) in [6.45, 7) is 5.31. The van der Waals surface area contributed by atoms with Gasteiger partial charge in [0.1, 0.15) is 0 Å². The Balaban J connectivity index is 2.19. The van der Waals surface area contributed by atoms with Gasteiger partial charge in [-0.15, -0.1) is 0 Å². The fraction of sp³-hybridized carbons (Fsp3) is 0.211. The van der Waals surface area contributed by atoms with E-state index in [1.165, 1.54) is 22.1 Å². The molecule has 1 heterocycles. The molecule has 3 aromatic rings. The van der Waals surface area contributed by atoms with Crippen molar-refractivity contribution in [2.75, 3.05) is 6.54 Å². The van der Waals surface area contributed by atoms with Crippen molar-refractivity contribution >= 4 is 10.9 Å². The molecular formula is C19H20N2. The van der Waals surface area contributed by atoms with Crippen LogP contribution in [-0.2, 0) is 0 Å². The molecule has 0 saturated heterocycles. The lowest BCUT2D eigenvalue weighted by atomic mass is 9.94. The van der Waals surface area contributed by atoms with Crippen LogP contribution in [-0.4, -0.2) is 11.5 Å². The molecule has 0 amide bonds. The quantitative estimate of drug-likeness (QED) is 0.755. The van der Waals surface area contributed by atoms with Gasteiger partial charge in [-0.25, -0.2) is 0 Å². The summed E-state index contributed by atoms with van der Waals surface area (Å²) in [6.07, 6.45) is 1.86. The average molecular weight is 276 g/mol. The summed E-state index contributed by atoms with van der Waals surface area (Å²) >= 11 is 0. The van der Waals surface area contributed by atoms with Gasteiger partial charge in [0.25, 0.3) is 0 Å². The van der Waals surface area contributed by atoms with Gasteiger partial charge in [-0.1, -0.05) is 55.5 Å². The maximum atomic E-state index is 4.58. The van der Waals surface area contributed by atoms with Crippen LogP contribution >= 0.6 is 0 Å². The number of pyridine rings is 1. The van der Waals surface area contributed by atoms with Crippen molar-refractivity contribution in [2.45, 2.75) is 19.9 Å². The van der Waals surface area contributed by atoms with Crippen LogP contribution in [0.2, 0.25) is 0 Å². The normalized spacial score (nSPS) is 12.5. The van der Waals surface area contributed by atoms with Gasteiger partial charge in [0.05, 0.1) is 5.52 Å². The first-order chi connectivity index (χ1) is 10.3. The third kappa shape index (κ3) is 2.67. The van der Waals surface area contributed by atoms with Crippen LogP contribution in [0.3, 0.4) is 0 Å². The predicted octanol–water partition coefficient (Wildman–Crippen LogP) is 4.57. The summed E-state index contributed by atoms with van der Waals surface area (Å²) < 4.78 is 0. The number of para-hydroxylation sites is 1. The van der Waals surface area contributed by atoms with Crippen molar-refractivity contribution in [3.8, 4) is 11.1 Å². The van der Waals surface area contributed by atoms with E-state index in [1.54, 1.807) is 0 Å². The number of hydrogen-bond donors (Lipinski definition) is 1. The Morgan fingerprint density at radius 3 is 2.57 bits per heavy atom. The first-order valence-corrected chi connectivity index (χ1v) is 7.47. The molecule has 106 valence electrons. The third-order valence-corrected chi connectivity index (χ3v) is 3.86. The molecule has 2 heteroatoms. The minimum Gasteiger partial charge on any atom is -0.310 e. The Kier molecular flexibility index (Phi) is 3.98. The predicted molar refractivity (Wildman–Crippen MR) is 89.3 cm³/mol. The maximum Gasteiger partial charge on any atom is 0.0780 e. The number of aromatic nitrogens is 1. The number of benzene rings is 2. The van der Waals surface area contributed by atoms with Crippen LogP contribution in [0.1, 0.15) is 25.5 Å². The van der Waals surface area contributed by atoms with E-state index < -0.39 is 0 Å². The van der Waals surface area contributed by atoms with E-state index in [2.05, 4.69) is 72.7 Å². The van der Waals surface area contributed by atoms with E-state index in [0.29, 0.717) is 6.04 Å². The lowest BCUT2D eigenvalue weighted by molar-refractivity contribution is 0.599. The average Bonchev–Trinajstić information content (AvgIpc) is 2.54. The van der Waals surface area contributed by atoms with Gasteiger partial charge in [0.15, 0.2) is 0 Å². The molecule has 2 nitrogen and oxygen atoms in total. The second-order valence-corrected chi connectivity index (χ2v) is 5.25. The van der Waals surface area contributed by atoms with Crippen LogP contribution in [0.15, 0.2) is 60.8 Å². The van der Waals surface area contributed by atoms with E-state index in [-0.39, 0.29) is 0 Å². The zero-order valence-electron chi connectivity index (χ0n) is 12.5. The molecule has 0 radical (unpaired) electrons. The molecule has 1 N–H and O–H groups in total. The largest absolute Gasteiger partial charge is 0.310 e. The first kappa shape index (κ1) is 13.8. The molecule has 0 aliphatic carbocycles. The van der Waals surface area contributed by atoms with Gasteiger partial charge in [0.2, 0.25) is 0 Å². The summed E-state index contributed by atoms with van der Waals surface area (Å²) in [5.74, 6) is 0. The van der Waals surface area contributed by atoms with Gasteiger partial charge in [-0.3, -0.25) is 4.98 Å². The smallest absolute Gasteiger partial charge is 0.0780 e. The zero-order valence-corrected chi connectivity index (χ0v) is 12.5. The van der Waals surface area contributed by atoms with Crippen molar-refractivity contribution in [1.29, 1.82) is 0 Å². The standard InChI is InChI=1S/C19H20N2/c1-3-20-14(2)16-10-4-5-11-17(16)18-12-6-8-15-9-7-13-21-19(15)18/h4-14,20H,3H2,1-2H3. The molecular weight excluding hydrogens is 256 g/mol. The summed E-state index contributed by atoms with van der Waals surface area (Å²) in [5, 5.41) is 4.68. The molecule has 0 aliphatic rings. The molecule has 21 heavy (non-hydrogen) atoms. The second kappa shape index (κ2) is 6.06. The molecule has 1 unspecified atom stereocenters. The Morgan fingerprint density at radius 1 is 0.952 bits per heavy atom. The first-order valence-electron chi connectivity index (χ1n) is 7.47. The van der Waals surface area contributed by atoms with Gasteiger partial charge < -0.3 is 5.32 Å². The van der Waals surface area contributed by atoms with Crippen molar-refractivity contribution in [2.24, 2.45) is 0 Å². The van der Waals surface area contributed by atoms with Crippen molar-refractivity contribution in [3.05, 3.63) is 66.4 Å². The van der Waals surface area contributed by atoms with E-state index in [4.69, 9.17) is 0 Å². The number of hydrogen-bond acceptors (Lipinski definition) is 2. The van der Waals surface area contributed by atoms with Crippen molar-refractivity contribution < 1.29 is 0 Å². The number of nitrogens with zero attached hydrogens (tertiary/aromatic N) is 1. The summed E-state index contributed by atoms with van der Waals surface area (Å²) in [6, 6.07) is 19.4. The molecule has 0 bridgehead atoms. The maximum absolute atomic E-state index is 4.58. The van der Waals surface area contributed by atoms with E-state index in [0.717, 1.165) is 12.1 Å². The van der Waals surface area contributed by atoms with Gasteiger partial charge in [0, 0.05) is 23.2 Å². The summed E-state index contributed by atoms with van der Waals surface area (Å²) in [4.78, 5) is 4.58. The van der Waals surface area contributed by atoms with Crippen molar-refractivity contribution in [3.63, 3.8) is 0 Å². The van der Waals surface area contributed by atoms with Crippen molar-refractivity contribution in [1.82, 2.24) is 10.3 Å². The molecule has 2 aromatic carbocycles. The van der Waals surface area contributed by atoms with Crippen LogP contribution in [0, 0.1) is 0 Å². The molecule has 0 fully saturated rings. The van der Waals surface area contributed by atoms with Crippen LogP contribution in [0.5, 0.6) is 0 Å². The molecule has 3 rings (SSSR count). The lowest BCUT2D eigenvalue weighted by Gasteiger charge is -2.18. The molecule has 1 aromatic heterocycles. The lowest BCUT2D eigenvalue weighted by Crippen LogP contribution is -2.18. The van der Waals surface area contributed by atoms with Gasteiger partial charge in [-0.2, -0.15) is 0 Å².